The van der Waals surface area contributed by atoms with E-state index in [0.717, 1.165) is 28.4 Å². The van der Waals surface area contributed by atoms with Crippen LogP contribution in [0.3, 0.4) is 0 Å². The molecule has 166 valence electrons. The molecule has 0 aliphatic heterocycles. The lowest BCUT2D eigenvalue weighted by molar-refractivity contribution is 0.414. The Kier molecular flexibility index (Phi) is 6.92. The molecule has 4 aromatic rings. The molecule has 0 aliphatic rings. The highest BCUT2D eigenvalue weighted by Crippen LogP contribution is 2.23. The van der Waals surface area contributed by atoms with Crippen LogP contribution < -0.4 is 20.1 Å². The van der Waals surface area contributed by atoms with Crippen LogP contribution in [0.25, 0.3) is 17.1 Å². The Labute approximate surface area is 202 Å². The lowest BCUT2D eigenvalue weighted by atomic mass is 10.2. The van der Waals surface area contributed by atoms with Gasteiger partial charge in [-0.05, 0) is 73.0 Å². The van der Waals surface area contributed by atoms with Crippen molar-refractivity contribution in [3.8, 4) is 28.6 Å². The zero-order valence-corrected chi connectivity index (χ0v) is 19.6. The molecule has 0 saturated carbocycles. The van der Waals surface area contributed by atoms with Gasteiger partial charge in [0.1, 0.15) is 11.5 Å². The second-order valence-corrected chi connectivity index (χ2v) is 7.63. The quantitative estimate of drug-likeness (QED) is 0.355. The summed E-state index contributed by atoms with van der Waals surface area (Å²) >= 11 is 11.2. The fourth-order valence-corrected chi connectivity index (χ4v) is 3.60. The van der Waals surface area contributed by atoms with Crippen molar-refractivity contribution in [1.29, 1.82) is 0 Å². The molecule has 4 rings (SSSR count). The van der Waals surface area contributed by atoms with Crippen LogP contribution in [0.4, 0.5) is 11.6 Å². The molecule has 9 heteroatoms. The van der Waals surface area contributed by atoms with Gasteiger partial charge in [-0.15, -0.1) is 0 Å². The monoisotopic (exact) mass is 475 g/mol. The Morgan fingerprint density at radius 1 is 0.788 bits per heavy atom. The smallest absolute Gasteiger partial charge is 0.218 e. The number of hydrogen-bond donors (Lipinski definition) is 2. The van der Waals surface area contributed by atoms with Crippen molar-refractivity contribution in [3.05, 3.63) is 83.6 Å². The van der Waals surface area contributed by atoms with Gasteiger partial charge in [0, 0.05) is 11.3 Å². The first-order chi connectivity index (χ1) is 16.1. The summed E-state index contributed by atoms with van der Waals surface area (Å²) in [6.45, 7) is 0. The average molecular weight is 476 g/mol. The van der Waals surface area contributed by atoms with Crippen LogP contribution in [0.5, 0.6) is 11.5 Å². The van der Waals surface area contributed by atoms with Crippen molar-refractivity contribution >= 4 is 41.2 Å². The standard InChI is InChI=1S/C24H21N5O2S2/c1-30-19-12-8-17(9-13-19)25-23(32)28-22-26-21(16-6-4-3-5-7-16)27-24(33)29(22)18-10-14-20(31-2)15-11-18/h3-15H,1-2H3,(H2,25,26,27,28,32,33). The van der Waals surface area contributed by atoms with Gasteiger partial charge in [-0.1, -0.05) is 30.3 Å². The molecule has 0 spiro atoms. The third kappa shape index (κ3) is 5.33. The molecule has 0 saturated heterocycles. The first-order valence-electron chi connectivity index (χ1n) is 10.0. The molecule has 0 fully saturated rings. The molecule has 0 radical (unpaired) electrons. The van der Waals surface area contributed by atoms with Crippen molar-refractivity contribution < 1.29 is 9.47 Å². The van der Waals surface area contributed by atoms with Gasteiger partial charge >= 0.3 is 0 Å². The molecular weight excluding hydrogens is 454 g/mol. The predicted octanol–water partition coefficient (Wildman–Crippen LogP) is 5.49. The highest BCUT2D eigenvalue weighted by Gasteiger charge is 2.13. The summed E-state index contributed by atoms with van der Waals surface area (Å²) in [6, 6.07) is 24.5. The van der Waals surface area contributed by atoms with Crippen LogP contribution in [0.1, 0.15) is 0 Å². The number of benzene rings is 3. The maximum Gasteiger partial charge on any atom is 0.218 e. The van der Waals surface area contributed by atoms with E-state index in [4.69, 9.17) is 38.9 Å². The van der Waals surface area contributed by atoms with Gasteiger partial charge in [-0.3, -0.25) is 4.57 Å². The molecule has 0 unspecified atom stereocenters. The molecule has 0 bridgehead atoms. The number of aromatic nitrogens is 3. The fourth-order valence-electron chi connectivity index (χ4n) is 3.11. The van der Waals surface area contributed by atoms with Crippen molar-refractivity contribution in [2.75, 3.05) is 24.9 Å². The largest absolute Gasteiger partial charge is 0.497 e. The molecule has 0 aliphatic carbocycles. The predicted molar refractivity (Wildman–Crippen MR) is 137 cm³/mol. The third-order valence-corrected chi connectivity index (χ3v) is 5.23. The van der Waals surface area contributed by atoms with Crippen LogP contribution in [-0.2, 0) is 0 Å². The van der Waals surface area contributed by atoms with Gasteiger partial charge in [-0.25, -0.2) is 0 Å². The Morgan fingerprint density at radius 3 is 2.00 bits per heavy atom. The maximum atomic E-state index is 5.64. The van der Waals surface area contributed by atoms with Gasteiger partial charge in [-0.2, -0.15) is 9.97 Å². The number of thiocarbonyl (C=S) groups is 1. The van der Waals surface area contributed by atoms with Crippen molar-refractivity contribution in [2.45, 2.75) is 0 Å². The Balaban J connectivity index is 1.71. The molecule has 1 aromatic heterocycles. The summed E-state index contributed by atoms with van der Waals surface area (Å²) in [6.07, 6.45) is 0. The lowest BCUT2D eigenvalue weighted by Crippen LogP contribution is -2.23. The number of ether oxygens (including phenoxy) is 2. The number of methoxy groups -OCH3 is 2. The first kappa shape index (κ1) is 22.4. The Morgan fingerprint density at radius 2 is 1.39 bits per heavy atom. The van der Waals surface area contributed by atoms with Crippen LogP contribution >= 0.6 is 24.4 Å². The van der Waals surface area contributed by atoms with E-state index in [1.54, 1.807) is 18.8 Å². The average Bonchev–Trinajstić information content (AvgIpc) is 2.85. The second kappa shape index (κ2) is 10.2. The minimum absolute atomic E-state index is 0.337. The van der Waals surface area contributed by atoms with E-state index in [1.165, 1.54) is 0 Å². The van der Waals surface area contributed by atoms with Crippen LogP contribution in [0, 0.1) is 4.77 Å². The molecule has 1 heterocycles. The summed E-state index contributed by atoms with van der Waals surface area (Å²) in [5.41, 5.74) is 2.43. The zero-order chi connectivity index (χ0) is 23.2. The molecule has 0 amide bonds. The molecule has 33 heavy (non-hydrogen) atoms. The van der Waals surface area contributed by atoms with Gasteiger partial charge in [0.2, 0.25) is 10.7 Å². The molecule has 2 N–H and O–H groups in total. The van der Waals surface area contributed by atoms with E-state index in [0.29, 0.717) is 21.7 Å². The van der Waals surface area contributed by atoms with Crippen LogP contribution in [0.2, 0.25) is 0 Å². The van der Waals surface area contributed by atoms with E-state index in [1.807, 2.05) is 78.9 Å². The van der Waals surface area contributed by atoms with Crippen molar-refractivity contribution in [2.24, 2.45) is 0 Å². The van der Waals surface area contributed by atoms with Crippen LogP contribution in [0.15, 0.2) is 78.9 Å². The molecule has 7 nitrogen and oxygen atoms in total. The summed E-state index contributed by atoms with van der Waals surface area (Å²) in [4.78, 5) is 9.28. The van der Waals surface area contributed by atoms with Crippen LogP contribution in [-0.4, -0.2) is 33.9 Å². The molecular formula is C24H21N5O2S2. The Bertz CT molecular complexity index is 1310. The number of hydrogen-bond acceptors (Lipinski definition) is 6. The van der Waals surface area contributed by atoms with Gasteiger partial charge in [0.05, 0.1) is 19.9 Å². The van der Waals surface area contributed by atoms with Crippen molar-refractivity contribution in [1.82, 2.24) is 14.5 Å². The fraction of sp³-hybridized carbons (Fsp3) is 0.0833. The molecule has 3 aromatic carbocycles. The Hall–Kier alpha value is -3.82. The second-order valence-electron chi connectivity index (χ2n) is 6.86. The van der Waals surface area contributed by atoms with E-state index in [-0.39, 0.29) is 0 Å². The van der Waals surface area contributed by atoms with E-state index >= 15 is 0 Å². The minimum atomic E-state index is 0.337. The van der Waals surface area contributed by atoms with E-state index in [9.17, 15) is 0 Å². The maximum absolute atomic E-state index is 5.64. The first-order valence-corrected chi connectivity index (χ1v) is 10.8. The third-order valence-electron chi connectivity index (χ3n) is 4.75. The highest BCUT2D eigenvalue weighted by atomic mass is 32.1. The van der Waals surface area contributed by atoms with Gasteiger partial charge in [0.15, 0.2) is 10.9 Å². The van der Waals surface area contributed by atoms with Gasteiger partial charge < -0.3 is 20.1 Å². The summed E-state index contributed by atoms with van der Waals surface area (Å²) in [5.74, 6) is 2.43. The number of anilines is 2. The number of rotatable bonds is 6. The van der Waals surface area contributed by atoms with E-state index in [2.05, 4.69) is 15.6 Å². The SMILES string of the molecule is COc1ccc(NC(=S)Nc2nc(-c3ccccc3)nc(=S)n2-c2ccc(OC)cc2)cc1. The van der Waals surface area contributed by atoms with Gasteiger partial charge in [0.25, 0.3) is 0 Å². The summed E-state index contributed by atoms with van der Waals surface area (Å²) in [5, 5.41) is 6.68. The zero-order valence-electron chi connectivity index (χ0n) is 18.0. The van der Waals surface area contributed by atoms with E-state index < -0.39 is 0 Å². The summed E-state index contributed by atoms with van der Waals surface area (Å²) < 4.78 is 12.5. The van der Waals surface area contributed by atoms with Crippen molar-refractivity contribution in [3.63, 3.8) is 0 Å². The minimum Gasteiger partial charge on any atom is -0.497 e. The topological polar surface area (TPSA) is 73.2 Å². The number of nitrogens with zero attached hydrogens (tertiary/aromatic N) is 3. The normalized spacial score (nSPS) is 10.4. The molecule has 0 atom stereocenters. The number of nitrogens with one attached hydrogen (secondary N) is 2. The highest BCUT2D eigenvalue weighted by molar-refractivity contribution is 7.80. The summed E-state index contributed by atoms with van der Waals surface area (Å²) in [7, 11) is 3.24. The lowest BCUT2D eigenvalue weighted by Gasteiger charge is -2.17.